The minimum Gasteiger partial charge on any atom is -0.311 e. The molecule has 2 rings (SSSR count). The molecule has 0 aliphatic carbocycles. The Morgan fingerprint density at radius 3 is 2.95 bits per heavy atom. The number of rotatable bonds is 7. The molecule has 0 spiro atoms. The van der Waals surface area contributed by atoms with Gasteiger partial charge in [-0.25, -0.2) is 9.67 Å². The maximum atomic E-state index is 4.53. The second-order valence-electron chi connectivity index (χ2n) is 4.90. The molecule has 0 aromatic carbocycles. The molecule has 0 atom stereocenters. The minimum atomic E-state index is 0.318. The third-order valence-electron chi connectivity index (χ3n) is 2.87. The Kier molecular flexibility index (Phi) is 4.68. The third-order valence-corrected chi connectivity index (χ3v) is 2.87. The van der Waals surface area contributed by atoms with Crippen molar-refractivity contribution in [2.45, 2.75) is 46.3 Å². The van der Waals surface area contributed by atoms with Gasteiger partial charge < -0.3 is 5.32 Å². The van der Waals surface area contributed by atoms with Gasteiger partial charge in [0.2, 0.25) is 0 Å². The largest absolute Gasteiger partial charge is 0.311 e. The van der Waals surface area contributed by atoms with Crippen LogP contribution in [0.25, 0.3) is 0 Å². The van der Waals surface area contributed by atoms with Crippen LogP contribution in [0.15, 0.2) is 18.6 Å². The quantitative estimate of drug-likeness (QED) is 0.770. The third kappa shape index (κ3) is 3.64. The van der Waals surface area contributed by atoms with E-state index in [9.17, 15) is 0 Å². The van der Waals surface area contributed by atoms with E-state index in [4.69, 9.17) is 0 Å². The fourth-order valence-corrected chi connectivity index (χ4v) is 1.94. The van der Waals surface area contributed by atoms with Crippen LogP contribution in [0.4, 0.5) is 0 Å². The number of aromatic nitrogens is 5. The van der Waals surface area contributed by atoms with E-state index in [1.165, 1.54) is 0 Å². The SMILES string of the molecule is CCCNCc1ccn(Cc2ncnn2C(C)C)n1. The predicted octanol–water partition coefficient (Wildman–Crippen LogP) is 1.60. The van der Waals surface area contributed by atoms with E-state index in [2.05, 4.69) is 41.3 Å². The molecule has 6 nitrogen and oxygen atoms in total. The molecule has 0 bridgehead atoms. The van der Waals surface area contributed by atoms with E-state index in [1.807, 2.05) is 21.6 Å². The fraction of sp³-hybridized carbons (Fsp3) is 0.615. The molecule has 2 aromatic heterocycles. The first-order valence-electron chi connectivity index (χ1n) is 6.82. The summed E-state index contributed by atoms with van der Waals surface area (Å²) < 4.78 is 3.84. The highest BCUT2D eigenvalue weighted by Gasteiger charge is 2.08. The van der Waals surface area contributed by atoms with Crippen molar-refractivity contribution >= 4 is 0 Å². The van der Waals surface area contributed by atoms with Crippen molar-refractivity contribution in [1.29, 1.82) is 0 Å². The lowest BCUT2D eigenvalue weighted by Gasteiger charge is -2.09. The monoisotopic (exact) mass is 262 g/mol. The molecule has 0 fully saturated rings. The molecule has 2 aromatic rings. The van der Waals surface area contributed by atoms with Gasteiger partial charge in [-0.15, -0.1) is 0 Å². The second kappa shape index (κ2) is 6.47. The molecule has 0 saturated heterocycles. The standard InChI is InChI=1S/C13H22N6/c1-4-6-14-8-12-5-7-18(17-12)9-13-15-10-16-19(13)11(2)3/h5,7,10-11,14H,4,6,8-9H2,1-3H3. The molecule has 2 heterocycles. The second-order valence-corrected chi connectivity index (χ2v) is 4.90. The van der Waals surface area contributed by atoms with Gasteiger partial charge in [-0.2, -0.15) is 10.2 Å². The van der Waals surface area contributed by atoms with Crippen molar-refractivity contribution in [2.75, 3.05) is 6.54 Å². The highest BCUT2D eigenvalue weighted by molar-refractivity contribution is 5.00. The van der Waals surface area contributed by atoms with Gasteiger partial charge in [-0.3, -0.25) is 4.68 Å². The summed E-state index contributed by atoms with van der Waals surface area (Å²) >= 11 is 0. The molecule has 0 aliphatic rings. The van der Waals surface area contributed by atoms with Crippen molar-refractivity contribution in [3.8, 4) is 0 Å². The van der Waals surface area contributed by atoms with E-state index in [0.29, 0.717) is 12.6 Å². The van der Waals surface area contributed by atoms with Crippen molar-refractivity contribution in [1.82, 2.24) is 29.9 Å². The van der Waals surface area contributed by atoms with E-state index >= 15 is 0 Å². The molecule has 0 saturated carbocycles. The zero-order valence-corrected chi connectivity index (χ0v) is 11.9. The number of hydrogen-bond acceptors (Lipinski definition) is 4. The first-order chi connectivity index (χ1) is 9.20. The van der Waals surface area contributed by atoms with E-state index in [-0.39, 0.29) is 0 Å². The van der Waals surface area contributed by atoms with Gasteiger partial charge >= 0.3 is 0 Å². The fourth-order valence-electron chi connectivity index (χ4n) is 1.94. The molecule has 1 N–H and O–H groups in total. The van der Waals surface area contributed by atoms with E-state index < -0.39 is 0 Å². The van der Waals surface area contributed by atoms with Crippen LogP contribution in [-0.2, 0) is 13.1 Å². The normalized spacial score (nSPS) is 11.4. The summed E-state index contributed by atoms with van der Waals surface area (Å²) in [5, 5.41) is 12.1. The molecule has 6 heteroatoms. The Morgan fingerprint density at radius 1 is 1.37 bits per heavy atom. The van der Waals surface area contributed by atoms with Crippen LogP contribution >= 0.6 is 0 Å². The summed E-state index contributed by atoms with van der Waals surface area (Å²) in [6, 6.07) is 2.36. The molecule has 19 heavy (non-hydrogen) atoms. The lowest BCUT2D eigenvalue weighted by Crippen LogP contribution is -2.15. The van der Waals surface area contributed by atoms with Crippen LogP contribution < -0.4 is 5.32 Å². The average molecular weight is 262 g/mol. The van der Waals surface area contributed by atoms with Crippen LogP contribution in [0.3, 0.4) is 0 Å². The van der Waals surface area contributed by atoms with Gasteiger partial charge in [0.1, 0.15) is 18.7 Å². The minimum absolute atomic E-state index is 0.318. The smallest absolute Gasteiger partial charge is 0.148 e. The molecule has 0 unspecified atom stereocenters. The Labute approximate surface area is 113 Å². The van der Waals surface area contributed by atoms with Crippen LogP contribution in [0.2, 0.25) is 0 Å². The zero-order valence-electron chi connectivity index (χ0n) is 11.9. The van der Waals surface area contributed by atoms with Gasteiger partial charge in [-0.05, 0) is 32.9 Å². The van der Waals surface area contributed by atoms with Crippen molar-refractivity contribution in [2.24, 2.45) is 0 Å². The predicted molar refractivity (Wildman–Crippen MR) is 73.7 cm³/mol. The Hall–Kier alpha value is -1.69. The lowest BCUT2D eigenvalue weighted by molar-refractivity contribution is 0.486. The highest BCUT2D eigenvalue weighted by atomic mass is 15.4. The van der Waals surface area contributed by atoms with Gasteiger partial charge in [0.05, 0.1) is 5.69 Å². The summed E-state index contributed by atoms with van der Waals surface area (Å²) in [6.45, 7) is 8.85. The Balaban J connectivity index is 1.97. The summed E-state index contributed by atoms with van der Waals surface area (Å²) in [4.78, 5) is 4.29. The summed E-state index contributed by atoms with van der Waals surface area (Å²) in [5.74, 6) is 0.936. The first kappa shape index (κ1) is 13.7. The zero-order chi connectivity index (χ0) is 13.7. The summed E-state index contributed by atoms with van der Waals surface area (Å²) in [5.41, 5.74) is 1.06. The Bertz CT molecular complexity index is 499. The van der Waals surface area contributed by atoms with Gasteiger partial charge in [0.25, 0.3) is 0 Å². The van der Waals surface area contributed by atoms with Crippen LogP contribution in [0, 0.1) is 0 Å². The number of nitrogens with one attached hydrogen (secondary N) is 1. The first-order valence-corrected chi connectivity index (χ1v) is 6.82. The topological polar surface area (TPSA) is 60.6 Å². The van der Waals surface area contributed by atoms with E-state index in [0.717, 1.165) is 31.0 Å². The van der Waals surface area contributed by atoms with Gasteiger partial charge in [0, 0.05) is 18.8 Å². The number of nitrogens with zero attached hydrogens (tertiary/aromatic N) is 5. The molecular formula is C13H22N6. The lowest BCUT2D eigenvalue weighted by atomic mass is 10.4. The maximum Gasteiger partial charge on any atom is 0.148 e. The molecule has 0 amide bonds. The average Bonchev–Trinajstić information content (AvgIpc) is 2.99. The van der Waals surface area contributed by atoms with Gasteiger partial charge in [-0.1, -0.05) is 6.92 Å². The Morgan fingerprint density at radius 2 is 2.21 bits per heavy atom. The summed E-state index contributed by atoms with van der Waals surface area (Å²) in [7, 11) is 0. The van der Waals surface area contributed by atoms with Gasteiger partial charge in [0.15, 0.2) is 0 Å². The molecule has 0 aliphatic heterocycles. The number of hydrogen-bond donors (Lipinski definition) is 1. The van der Waals surface area contributed by atoms with E-state index in [1.54, 1.807) is 6.33 Å². The van der Waals surface area contributed by atoms with Crippen molar-refractivity contribution in [3.05, 3.63) is 30.1 Å². The summed E-state index contributed by atoms with van der Waals surface area (Å²) in [6.07, 6.45) is 4.73. The maximum absolute atomic E-state index is 4.53. The molecule has 104 valence electrons. The van der Waals surface area contributed by atoms with Crippen molar-refractivity contribution < 1.29 is 0 Å². The van der Waals surface area contributed by atoms with Crippen LogP contribution in [0.5, 0.6) is 0 Å². The molecule has 0 radical (unpaired) electrons. The van der Waals surface area contributed by atoms with Crippen LogP contribution in [-0.4, -0.2) is 31.1 Å². The molecular weight excluding hydrogens is 240 g/mol. The van der Waals surface area contributed by atoms with Crippen molar-refractivity contribution in [3.63, 3.8) is 0 Å². The highest BCUT2D eigenvalue weighted by Crippen LogP contribution is 2.07. The van der Waals surface area contributed by atoms with Crippen LogP contribution in [0.1, 0.15) is 44.8 Å².